The lowest BCUT2D eigenvalue weighted by molar-refractivity contribution is 0.0610. The fraction of sp³-hybridized carbons (Fsp3) is 0.609. The molecule has 0 spiro atoms. The van der Waals surface area contributed by atoms with Crippen molar-refractivity contribution in [2.24, 2.45) is 11.8 Å². The Morgan fingerprint density at radius 1 is 1.13 bits per heavy atom. The Bertz CT molecular complexity index is 902. The third-order valence-corrected chi connectivity index (χ3v) is 7.14. The van der Waals surface area contributed by atoms with E-state index in [0.29, 0.717) is 33.9 Å². The molecular weight excluding hydrogens is 433 g/mol. The van der Waals surface area contributed by atoms with Crippen LogP contribution in [0.25, 0.3) is 5.69 Å². The summed E-state index contributed by atoms with van der Waals surface area (Å²) in [6, 6.07) is 5.32. The topological polar surface area (TPSA) is 54.3 Å². The summed E-state index contributed by atoms with van der Waals surface area (Å²) in [5, 5.41) is 5.50. The van der Waals surface area contributed by atoms with E-state index in [2.05, 4.69) is 21.9 Å². The van der Waals surface area contributed by atoms with E-state index in [1.165, 1.54) is 32.4 Å². The van der Waals surface area contributed by atoms with Crippen molar-refractivity contribution in [1.29, 1.82) is 0 Å². The first-order valence-electron chi connectivity index (χ1n) is 11.4. The van der Waals surface area contributed by atoms with Gasteiger partial charge in [0.2, 0.25) is 5.82 Å². The van der Waals surface area contributed by atoms with Crippen molar-refractivity contribution in [3.8, 4) is 5.69 Å². The molecule has 3 heterocycles. The molecule has 2 aliphatic heterocycles. The van der Waals surface area contributed by atoms with Gasteiger partial charge in [0.05, 0.1) is 10.0 Å². The third-order valence-electron chi connectivity index (χ3n) is 6.53. The number of para-hydroxylation sites is 1. The van der Waals surface area contributed by atoms with Crippen LogP contribution >= 0.6 is 23.2 Å². The second kappa shape index (κ2) is 9.88. The predicted octanol–water partition coefficient (Wildman–Crippen LogP) is 4.72. The van der Waals surface area contributed by atoms with Crippen LogP contribution in [0.4, 0.5) is 0 Å². The van der Waals surface area contributed by atoms with Gasteiger partial charge >= 0.3 is 0 Å². The highest BCUT2D eigenvalue weighted by atomic mass is 35.5. The van der Waals surface area contributed by atoms with Gasteiger partial charge in [0.25, 0.3) is 5.91 Å². The van der Waals surface area contributed by atoms with E-state index in [9.17, 15) is 4.79 Å². The number of hydrogen-bond acceptors (Lipinski definition) is 4. The van der Waals surface area contributed by atoms with Gasteiger partial charge in [-0.15, -0.1) is 5.10 Å². The third kappa shape index (κ3) is 5.07. The number of piperidine rings is 2. The minimum Gasteiger partial charge on any atom is -0.336 e. The summed E-state index contributed by atoms with van der Waals surface area (Å²) in [5.41, 5.74) is 0.574. The molecule has 1 aromatic carbocycles. The lowest BCUT2D eigenvalue weighted by Gasteiger charge is -2.37. The molecule has 1 unspecified atom stereocenters. The number of likely N-dealkylation sites (tertiary alicyclic amines) is 2. The van der Waals surface area contributed by atoms with E-state index in [0.717, 1.165) is 32.0 Å². The number of amides is 1. The number of hydrogen-bond donors (Lipinski definition) is 0. The van der Waals surface area contributed by atoms with E-state index in [1.807, 2.05) is 11.8 Å². The van der Waals surface area contributed by atoms with Crippen LogP contribution in [0.5, 0.6) is 0 Å². The lowest BCUT2D eigenvalue weighted by atomic mass is 9.94. The van der Waals surface area contributed by atoms with Gasteiger partial charge in [0, 0.05) is 26.1 Å². The normalized spacial score (nSPS) is 20.9. The number of rotatable bonds is 5. The Hall–Kier alpha value is -1.63. The first-order chi connectivity index (χ1) is 15.0. The van der Waals surface area contributed by atoms with Gasteiger partial charge in [-0.1, -0.05) is 43.1 Å². The molecule has 4 rings (SSSR count). The highest BCUT2D eigenvalue weighted by molar-refractivity contribution is 6.37. The number of halogens is 2. The summed E-state index contributed by atoms with van der Waals surface area (Å²) >= 11 is 12.8. The molecule has 1 atom stereocenters. The van der Waals surface area contributed by atoms with Gasteiger partial charge < -0.3 is 9.80 Å². The van der Waals surface area contributed by atoms with Gasteiger partial charge in [-0.3, -0.25) is 4.79 Å². The minimum atomic E-state index is -0.103. The molecule has 2 saturated heterocycles. The second-order valence-corrected chi connectivity index (χ2v) is 9.74. The van der Waals surface area contributed by atoms with Crippen molar-refractivity contribution in [2.75, 3.05) is 32.7 Å². The van der Waals surface area contributed by atoms with Crippen molar-refractivity contribution in [1.82, 2.24) is 24.6 Å². The summed E-state index contributed by atoms with van der Waals surface area (Å²) in [7, 11) is 0. The molecule has 0 N–H and O–H groups in total. The fourth-order valence-electron chi connectivity index (χ4n) is 4.68. The Morgan fingerprint density at radius 3 is 2.52 bits per heavy atom. The molecule has 0 aliphatic carbocycles. The standard InChI is InChI=1S/C23H31Cl2N5O/c1-3-20-26-22(27-30(20)21-18(24)7-4-8-19(21)25)23(31)29-11-5-6-17(15-29)14-28-12-9-16(2)10-13-28/h4,7-8,16-17H,3,5-6,9-15H2,1-2H3. The zero-order valence-electron chi connectivity index (χ0n) is 18.4. The second-order valence-electron chi connectivity index (χ2n) is 8.93. The summed E-state index contributed by atoms with van der Waals surface area (Å²) in [6.07, 6.45) is 5.38. The monoisotopic (exact) mass is 463 g/mol. The van der Waals surface area contributed by atoms with Crippen molar-refractivity contribution >= 4 is 29.1 Å². The Kier molecular flexibility index (Phi) is 7.19. The zero-order chi connectivity index (χ0) is 22.0. The zero-order valence-corrected chi connectivity index (χ0v) is 19.9. The van der Waals surface area contributed by atoms with Gasteiger partial charge in [0.1, 0.15) is 11.5 Å². The van der Waals surface area contributed by atoms with Gasteiger partial charge in [-0.25, -0.2) is 9.67 Å². The van der Waals surface area contributed by atoms with Gasteiger partial charge in [-0.2, -0.15) is 0 Å². The van der Waals surface area contributed by atoms with Crippen LogP contribution in [-0.2, 0) is 6.42 Å². The average Bonchev–Trinajstić information content (AvgIpc) is 3.19. The van der Waals surface area contributed by atoms with Crippen molar-refractivity contribution in [3.05, 3.63) is 39.9 Å². The van der Waals surface area contributed by atoms with Crippen LogP contribution in [0, 0.1) is 11.8 Å². The Labute approximate surface area is 194 Å². The molecule has 2 fully saturated rings. The average molecular weight is 464 g/mol. The molecule has 2 aromatic rings. The van der Waals surface area contributed by atoms with E-state index >= 15 is 0 Å². The fourth-order valence-corrected chi connectivity index (χ4v) is 5.24. The number of aromatic nitrogens is 3. The number of benzene rings is 1. The number of carbonyl (C=O) groups excluding carboxylic acids is 1. The van der Waals surface area contributed by atoms with E-state index < -0.39 is 0 Å². The van der Waals surface area contributed by atoms with Gasteiger partial charge in [0.15, 0.2) is 0 Å². The molecule has 8 heteroatoms. The van der Waals surface area contributed by atoms with Crippen molar-refractivity contribution in [2.45, 2.75) is 46.0 Å². The summed E-state index contributed by atoms with van der Waals surface area (Å²) < 4.78 is 1.62. The molecule has 1 amide bonds. The van der Waals surface area contributed by atoms with Gasteiger partial charge in [-0.05, 0) is 62.7 Å². The number of nitrogens with zero attached hydrogens (tertiary/aromatic N) is 5. The largest absolute Gasteiger partial charge is 0.336 e. The molecule has 6 nitrogen and oxygen atoms in total. The van der Waals surface area contributed by atoms with Crippen molar-refractivity contribution in [3.63, 3.8) is 0 Å². The molecule has 31 heavy (non-hydrogen) atoms. The smallest absolute Gasteiger partial charge is 0.293 e. The molecule has 168 valence electrons. The SMILES string of the molecule is CCc1nc(C(=O)N2CCCC(CN3CCC(C)CC3)C2)nn1-c1c(Cl)cccc1Cl. The van der Waals surface area contributed by atoms with Crippen LogP contribution in [0.15, 0.2) is 18.2 Å². The highest BCUT2D eigenvalue weighted by Crippen LogP contribution is 2.29. The molecular formula is C23H31Cl2N5O. The van der Waals surface area contributed by atoms with Crippen LogP contribution in [0.3, 0.4) is 0 Å². The minimum absolute atomic E-state index is 0.103. The molecule has 0 bridgehead atoms. The number of carbonyl (C=O) groups is 1. The van der Waals surface area contributed by atoms with Crippen molar-refractivity contribution < 1.29 is 4.79 Å². The molecule has 2 aliphatic rings. The van der Waals surface area contributed by atoms with Crippen LogP contribution in [-0.4, -0.2) is 63.2 Å². The maximum Gasteiger partial charge on any atom is 0.293 e. The van der Waals surface area contributed by atoms with E-state index in [4.69, 9.17) is 23.2 Å². The predicted molar refractivity (Wildman–Crippen MR) is 124 cm³/mol. The molecule has 1 aromatic heterocycles. The maximum absolute atomic E-state index is 13.3. The molecule has 0 radical (unpaired) electrons. The molecule has 0 saturated carbocycles. The Morgan fingerprint density at radius 2 is 1.84 bits per heavy atom. The summed E-state index contributed by atoms with van der Waals surface area (Å²) in [4.78, 5) is 22.3. The van der Waals surface area contributed by atoms with E-state index in [1.54, 1.807) is 22.9 Å². The number of aryl methyl sites for hydroxylation is 1. The first kappa shape index (κ1) is 22.6. The Balaban J connectivity index is 1.48. The quantitative estimate of drug-likeness (QED) is 0.643. The van der Waals surface area contributed by atoms with Crippen LogP contribution in [0.2, 0.25) is 10.0 Å². The lowest BCUT2D eigenvalue weighted by Crippen LogP contribution is -2.45. The van der Waals surface area contributed by atoms with Crippen LogP contribution in [0.1, 0.15) is 56.0 Å². The maximum atomic E-state index is 13.3. The summed E-state index contributed by atoms with van der Waals surface area (Å²) in [6.45, 7) is 9.28. The van der Waals surface area contributed by atoms with Crippen LogP contribution < -0.4 is 0 Å². The summed E-state index contributed by atoms with van der Waals surface area (Å²) in [5.74, 6) is 2.14. The highest BCUT2D eigenvalue weighted by Gasteiger charge is 2.29. The van der Waals surface area contributed by atoms with E-state index in [-0.39, 0.29) is 11.7 Å². The first-order valence-corrected chi connectivity index (χ1v) is 12.1.